The van der Waals surface area contributed by atoms with Gasteiger partial charge in [0.15, 0.2) is 0 Å². The zero-order valence-corrected chi connectivity index (χ0v) is 29.5. The van der Waals surface area contributed by atoms with E-state index in [2.05, 4.69) is 12.1 Å². The van der Waals surface area contributed by atoms with E-state index in [0.717, 1.165) is 22.3 Å². The van der Waals surface area contributed by atoms with E-state index < -0.39 is 11.9 Å². The molecule has 2 unspecified atom stereocenters. The molecule has 5 aromatic carbocycles. The summed E-state index contributed by atoms with van der Waals surface area (Å²) in [5.41, 5.74) is 5.29. The molecule has 0 radical (unpaired) electrons. The van der Waals surface area contributed by atoms with Crippen LogP contribution >= 0.6 is 0 Å². The number of hydrogen-bond donors (Lipinski definition) is 0. The largest absolute Gasteiger partial charge is 0.490 e. The molecule has 5 aromatic rings. The highest BCUT2D eigenvalue weighted by Crippen LogP contribution is 2.26. The smallest absolute Gasteiger partial charge is 0.343 e. The molecule has 0 amide bonds. The molecule has 5 rings (SSSR count). The van der Waals surface area contributed by atoms with Crippen LogP contribution in [0.1, 0.15) is 54.6 Å². The van der Waals surface area contributed by atoms with Gasteiger partial charge in [0.2, 0.25) is 0 Å². The number of rotatable bonds is 15. The Balaban J connectivity index is 0.992. The van der Waals surface area contributed by atoms with Crippen molar-refractivity contribution < 1.29 is 33.3 Å². The Bertz CT molecular complexity index is 2080. The van der Waals surface area contributed by atoms with E-state index in [1.165, 1.54) is 0 Å². The molecule has 0 fully saturated rings. The quantitative estimate of drug-likeness (QED) is 0.0594. The molecule has 2 atom stereocenters. The van der Waals surface area contributed by atoms with Gasteiger partial charge in [-0.1, -0.05) is 62.4 Å². The Morgan fingerprint density at radius 2 is 1.02 bits per heavy atom. The van der Waals surface area contributed by atoms with Crippen molar-refractivity contribution in [1.82, 2.24) is 0 Å². The first-order chi connectivity index (χ1) is 25.8. The van der Waals surface area contributed by atoms with Gasteiger partial charge in [0.1, 0.15) is 30.5 Å². The maximum atomic E-state index is 12.9. The minimum atomic E-state index is -0.515. The summed E-state index contributed by atoms with van der Waals surface area (Å²) in [6.45, 7) is 3.85. The number of carbonyl (C=O) groups is 3. The molecule has 0 saturated heterocycles. The summed E-state index contributed by atoms with van der Waals surface area (Å²) in [4.78, 5) is 38.2. The second-order valence-corrected chi connectivity index (χ2v) is 12.4. The van der Waals surface area contributed by atoms with Crippen LogP contribution in [0.5, 0.6) is 17.2 Å². The van der Waals surface area contributed by atoms with Crippen LogP contribution in [0, 0.1) is 34.5 Å². The van der Waals surface area contributed by atoms with E-state index in [-0.39, 0.29) is 31.1 Å². The normalized spacial score (nSPS) is 11.6. The zero-order chi connectivity index (χ0) is 37.6. The highest BCUT2D eigenvalue weighted by molar-refractivity contribution is 5.91. The first-order valence-electron chi connectivity index (χ1n) is 17.3. The second kappa shape index (κ2) is 18.5. The fraction of sp³-hybridized carbons (Fsp3) is 0.205. The molecule has 0 saturated carbocycles. The third kappa shape index (κ3) is 10.6. The molecule has 9 nitrogen and oxygen atoms in total. The van der Waals surface area contributed by atoms with Gasteiger partial charge in [-0.25, -0.2) is 4.79 Å². The number of carbonyl (C=O) groups excluding carboxylic acids is 3. The molecule has 0 bridgehead atoms. The van der Waals surface area contributed by atoms with E-state index >= 15 is 0 Å². The number of esters is 3. The number of hydrogen-bond acceptors (Lipinski definition) is 9. The molecule has 9 heteroatoms. The Morgan fingerprint density at radius 1 is 0.566 bits per heavy atom. The number of benzene rings is 5. The minimum Gasteiger partial charge on any atom is -0.490 e. The van der Waals surface area contributed by atoms with Crippen molar-refractivity contribution in [3.05, 3.63) is 138 Å². The van der Waals surface area contributed by atoms with E-state index in [1.807, 2.05) is 55.5 Å². The lowest BCUT2D eigenvalue weighted by atomic mass is 9.95. The van der Waals surface area contributed by atoms with E-state index in [0.29, 0.717) is 53.2 Å². The van der Waals surface area contributed by atoms with Crippen LogP contribution in [-0.4, -0.2) is 31.1 Å². The highest BCUT2D eigenvalue weighted by atomic mass is 16.6. The first kappa shape index (κ1) is 37.5. The van der Waals surface area contributed by atoms with Crippen molar-refractivity contribution >= 4 is 17.9 Å². The summed E-state index contributed by atoms with van der Waals surface area (Å²) < 4.78 is 22.2. The summed E-state index contributed by atoms with van der Waals surface area (Å²) in [7, 11) is 0. The maximum absolute atomic E-state index is 12.9. The van der Waals surface area contributed by atoms with Crippen LogP contribution in [-0.2, 0) is 14.3 Å². The van der Waals surface area contributed by atoms with E-state index in [9.17, 15) is 14.4 Å². The molecule has 0 aliphatic carbocycles. The van der Waals surface area contributed by atoms with Crippen LogP contribution in [0.15, 0.2) is 121 Å². The van der Waals surface area contributed by atoms with Gasteiger partial charge in [0, 0.05) is 0 Å². The van der Waals surface area contributed by atoms with Crippen molar-refractivity contribution in [2.75, 3.05) is 13.2 Å². The zero-order valence-electron chi connectivity index (χ0n) is 29.5. The van der Waals surface area contributed by atoms with Crippen LogP contribution in [0.3, 0.4) is 0 Å². The summed E-state index contributed by atoms with van der Waals surface area (Å²) in [5.74, 6) is -0.675. The monoisotopic (exact) mass is 706 g/mol. The third-order valence-corrected chi connectivity index (χ3v) is 8.70. The number of nitriles is 2. The Kier molecular flexibility index (Phi) is 13.1. The standard InChI is InChI=1S/C44H38N2O7/c1-3-33(43(48)52-40-22-14-36(15-23-40)34-10-5-31(28-45)6-11-34)9-4-30(2)42(47)51-27-26-50-39-20-18-38(19-21-39)44(49)53-41-24-16-37(17-25-41)35-12-7-32(29-46)8-13-35/h5-8,10-25,30,33H,3-4,9,26-27H2,1-2H3. The van der Waals surface area contributed by atoms with Gasteiger partial charge in [0.25, 0.3) is 0 Å². The molecule has 0 N–H and O–H groups in total. The molecule has 0 aliphatic rings. The lowest BCUT2D eigenvalue weighted by molar-refractivity contribution is -0.149. The van der Waals surface area contributed by atoms with Crippen LogP contribution in [0.2, 0.25) is 0 Å². The summed E-state index contributed by atoms with van der Waals surface area (Å²) in [6, 6.07) is 39.5. The number of ether oxygens (including phenoxy) is 4. The van der Waals surface area contributed by atoms with Crippen LogP contribution < -0.4 is 14.2 Å². The third-order valence-electron chi connectivity index (χ3n) is 8.70. The van der Waals surface area contributed by atoms with Crippen molar-refractivity contribution in [3.8, 4) is 51.6 Å². The Hall–Kier alpha value is -6.71. The molecular formula is C44H38N2O7. The molecule has 0 spiro atoms. The van der Waals surface area contributed by atoms with Crippen molar-refractivity contribution in [2.24, 2.45) is 11.8 Å². The molecule has 266 valence electrons. The average Bonchev–Trinajstić information content (AvgIpc) is 3.20. The van der Waals surface area contributed by atoms with Gasteiger partial charge in [-0.05, 0) is 114 Å². The van der Waals surface area contributed by atoms with E-state index in [4.69, 9.17) is 29.5 Å². The van der Waals surface area contributed by atoms with Crippen molar-refractivity contribution in [1.29, 1.82) is 10.5 Å². The van der Waals surface area contributed by atoms with Gasteiger partial charge in [0.05, 0.1) is 40.7 Å². The fourth-order valence-corrected chi connectivity index (χ4v) is 5.46. The van der Waals surface area contributed by atoms with Gasteiger partial charge in [-0.15, -0.1) is 0 Å². The van der Waals surface area contributed by atoms with Crippen molar-refractivity contribution in [3.63, 3.8) is 0 Å². The molecule has 0 heterocycles. The fourth-order valence-electron chi connectivity index (χ4n) is 5.46. The maximum Gasteiger partial charge on any atom is 0.343 e. The first-order valence-corrected chi connectivity index (χ1v) is 17.3. The summed E-state index contributed by atoms with van der Waals surface area (Å²) in [5, 5.41) is 18.0. The molecular weight excluding hydrogens is 668 g/mol. The van der Waals surface area contributed by atoms with Gasteiger partial charge in [-0.2, -0.15) is 10.5 Å². The van der Waals surface area contributed by atoms with Crippen molar-refractivity contribution in [2.45, 2.75) is 33.1 Å². The van der Waals surface area contributed by atoms with E-state index in [1.54, 1.807) is 79.7 Å². The average molecular weight is 707 g/mol. The Morgan fingerprint density at radius 3 is 1.49 bits per heavy atom. The molecule has 53 heavy (non-hydrogen) atoms. The topological polar surface area (TPSA) is 136 Å². The second-order valence-electron chi connectivity index (χ2n) is 12.4. The predicted molar refractivity (Wildman–Crippen MR) is 199 cm³/mol. The van der Waals surface area contributed by atoms with Crippen LogP contribution in [0.4, 0.5) is 0 Å². The summed E-state index contributed by atoms with van der Waals surface area (Å²) >= 11 is 0. The molecule has 0 aromatic heterocycles. The Labute approximate surface area is 308 Å². The number of nitrogens with zero attached hydrogens (tertiary/aromatic N) is 2. The summed E-state index contributed by atoms with van der Waals surface area (Å²) in [6.07, 6.45) is 1.51. The van der Waals surface area contributed by atoms with Gasteiger partial charge < -0.3 is 18.9 Å². The van der Waals surface area contributed by atoms with Gasteiger partial charge >= 0.3 is 17.9 Å². The highest BCUT2D eigenvalue weighted by Gasteiger charge is 2.23. The van der Waals surface area contributed by atoms with Gasteiger partial charge in [-0.3, -0.25) is 9.59 Å². The minimum absolute atomic E-state index is 0.0448. The lowest BCUT2D eigenvalue weighted by Crippen LogP contribution is -2.23. The molecule has 0 aliphatic heterocycles. The lowest BCUT2D eigenvalue weighted by Gasteiger charge is -2.17. The predicted octanol–water partition coefficient (Wildman–Crippen LogP) is 8.95. The SMILES string of the molecule is CCC(CCC(C)C(=O)OCCOc1ccc(C(=O)Oc2ccc(-c3ccc(C#N)cc3)cc2)cc1)C(=O)Oc1ccc(-c2ccc(C#N)cc2)cc1. The van der Waals surface area contributed by atoms with Crippen LogP contribution in [0.25, 0.3) is 22.3 Å².